The van der Waals surface area contributed by atoms with Crippen LogP contribution < -0.4 is 0 Å². The number of rotatable bonds is 3. The molecule has 3 aromatic heterocycles. The Labute approximate surface area is 267 Å². The second-order valence-electron chi connectivity index (χ2n) is 11.6. The fourth-order valence-electron chi connectivity index (χ4n) is 6.68. The third kappa shape index (κ3) is 3.89. The lowest BCUT2D eigenvalue weighted by Crippen LogP contribution is -2.00. The largest absolute Gasteiger partial charge is 0.456 e. The SMILES string of the molecule is c1ccc(-c2nc(-c3ccc4sc5c6ccccc6ccc5c4c3)nc(-c3cccc4oc5cc6ccccc6cc5c34)n2)cc1. The zero-order valence-corrected chi connectivity index (χ0v) is 25.3. The normalized spacial score (nSPS) is 11.9. The van der Waals surface area contributed by atoms with Gasteiger partial charge in [-0.15, -0.1) is 11.3 Å². The van der Waals surface area contributed by atoms with E-state index in [1.807, 2.05) is 53.8 Å². The van der Waals surface area contributed by atoms with E-state index in [0.29, 0.717) is 17.5 Å². The minimum Gasteiger partial charge on any atom is -0.456 e. The van der Waals surface area contributed by atoms with Crippen LogP contribution in [0.25, 0.3) is 97.8 Å². The molecule has 0 saturated heterocycles. The Balaban J connectivity index is 1.22. The van der Waals surface area contributed by atoms with E-state index in [9.17, 15) is 0 Å². The summed E-state index contributed by atoms with van der Waals surface area (Å²) in [5, 5.41) is 9.36. The van der Waals surface area contributed by atoms with Crippen molar-refractivity contribution in [3.05, 3.63) is 140 Å². The number of hydrogen-bond donors (Lipinski definition) is 0. The molecule has 0 unspecified atom stereocenters. The van der Waals surface area contributed by atoms with Crippen LogP contribution in [-0.4, -0.2) is 15.0 Å². The van der Waals surface area contributed by atoms with Crippen LogP contribution in [0.15, 0.2) is 144 Å². The Bertz CT molecular complexity index is 2820. The van der Waals surface area contributed by atoms with Gasteiger partial charge in [-0.3, -0.25) is 0 Å². The molecule has 5 heteroatoms. The Hall–Kier alpha value is -5.91. The van der Waals surface area contributed by atoms with Gasteiger partial charge >= 0.3 is 0 Å². The molecule has 0 atom stereocenters. The first-order valence-electron chi connectivity index (χ1n) is 15.3. The van der Waals surface area contributed by atoms with Crippen molar-refractivity contribution < 1.29 is 4.42 Å². The molecule has 3 heterocycles. The van der Waals surface area contributed by atoms with Gasteiger partial charge in [-0.2, -0.15) is 0 Å². The molecule has 46 heavy (non-hydrogen) atoms. The van der Waals surface area contributed by atoms with Gasteiger partial charge in [0.05, 0.1) is 0 Å². The summed E-state index contributed by atoms with van der Waals surface area (Å²) in [6.07, 6.45) is 0. The Morgan fingerprint density at radius 1 is 0.435 bits per heavy atom. The predicted molar refractivity (Wildman–Crippen MR) is 191 cm³/mol. The quantitative estimate of drug-likeness (QED) is 0.201. The van der Waals surface area contributed by atoms with Gasteiger partial charge in [0.2, 0.25) is 0 Å². The first-order valence-corrected chi connectivity index (χ1v) is 16.1. The van der Waals surface area contributed by atoms with Crippen molar-refractivity contribution in [2.24, 2.45) is 0 Å². The van der Waals surface area contributed by atoms with Gasteiger partial charge in [-0.25, -0.2) is 15.0 Å². The zero-order chi connectivity index (χ0) is 30.2. The molecular formula is C41H23N3OS. The lowest BCUT2D eigenvalue weighted by atomic mass is 10.0. The van der Waals surface area contributed by atoms with Gasteiger partial charge in [-0.05, 0) is 57.9 Å². The molecule has 0 bridgehead atoms. The summed E-state index contributed by atoms with van der Waals surface area (Å²) in [5.74, 6) is 1.89. The monoisotopic (exact) mass is 605 g/mol. The molecule has 0 saturated carbocycles. The summed E-state index contributed by atoms with van der Waals surface area (Å²) < 4.78 is 8.94. The maximum absolute atomic E-state index is 6.39. The Kier molecular flexibility index (Phi) is 5.41. The fourth-order valence-corrected chi connectivity index (χ4v) is 7.90. The second kappa shape index (κ2) is 9.80. The van der Waals surface area contributed by atoms with E-state index < -0.39 is 0 Å². The summed E-state index contributed by atoms with van der Waals surface area (Å²) in [7, 11) is 0. The average Bonchev–Trinajstić information content (AvgIpc) is 3.68. The molecule has 7 aromatic carbocycles. The lowest BCUT2D eigenvalue weighted by molar-refractivity contribution is 0.669. The van der Waals surface area contributed by atoms with Crippen LogP contribution in [0, 0.1) is 0 Å². The van der Waals surface area contributed by atoms with Crippen LogP contribution in [0.3, 0.4) is 0 Å². The summed E-state index contributed by atoms with van der Waals surface area (Å²) in [4.78, 5) is 15.3. The molecule has 0 radical (unpaired) electrons. The third-order valence-corrected chi connectivity index (χ3v) is 10.1. The minimum absolute atomic E-state index is 0.617. The molecule has 0 N–H and O–H groups in total. The number of fused-ring (bicyclic) bond motifs is 9. The van der Waals surface area contributed by atoms with Crippen LogP contribution in [0.1, 0.15) is 0 Å². The van der Waals surface area contributed by atoms with Crippen molar-refractivity contribution in [1.29, 1.82) is 0 Å². The number of aromatic nitrogens is 3. The van der Waals surface area contributed by atoms with E-state index in [-0.39, 0.29) is 0 Å². The van der Waals surface area contributed by atoms with Crippen molar-refractivity contribution in [3.63, 3.8) is 0 Å². The van der Waals surface area contributed by atoms with Crippen LogP contribution in [-0.2, 0) is 0 Å². The van der Waals surface area contributed by atoms with E-state index in [2.05, 4.69) is 97.1 Å². The Morgan fingerprint density at radius 3 is 2.04 bits per heavy atom. The number of thiophene rings is 1. The molecule has 0 aliphatic rings. The summed E-state index contributed by atoms with van der Waals surface area (Å²) >= 11 is 1.84. The molecule has 0 aliphatic carbocycles. The fraction of sp³-hybridized carbons (Fsp3) is 0. The Morgan fingerprint density at radius 2 is 1.17 bits per heavy atom. The molecule has 0 amide bonds. The standard InChI is InChI=1S/C41H23N3OS/c1-2-10-25(11-3-1)39-42-40(28-18-20-36-32(22-28)30-19-17-24-9-6-7-14-29(24)38(30)46-36)44-41(43-39)31-15-8-16-34-37(31)33-21-26-12-4-5-13-27(26)23-35(33)45-34/h1-23H. The number of hydrogen-bond acceptors (Lipinski definition) is 5. The summed E-state index contributed by atoms with van der Waals surface area (Å²) in [6, 6.07) is 48.5. The zero-order valence-electron chi connectivity index (χ0n) is 24.4. The maximum atomic E-state index is 6.39. The van der Waals surface area contributed by atoms with Gasteiger partial charge < -0.3 is 4.42 Å². The average molecular weight is 606 g/mol. The van der Waals surface area contributed by atoms with E-state index in [1.165, 1.54) is 30.9 Å². The molecule has 214 valence electrons. The van der Waals surface area contributed by atoms with Crippen molar-refractivity contribution >= 4 is 75.0 Å². The van der Waals surface area contributed by atoms with Gasteiger partial charge in [0.25, 0.3) is 0 Å². The number of benzene rings is 7. The van der Waals surface area contributed by atoms with E-state index in [0.717, 1.165) is 49.4 Å². The van der Waals surface area contributed by atoms with Crippen molar-refractivity contribution in [1.82, 2.24) is 15.0 Å². The highest BCUT2D eigenvalue weighted by atomic mass is 32.1. The highest BCUT2D eigenvalue weighted by Gasteiger charge is 2.19. The van der Waals surface area contributed by atoms with Crippen LogP contribution in [0.5, 0.6) is 0 Å². The minimum atomic E-state index is 0.617. The number of furan rings is 1. The van der Waals surface area contributed by atoms with Gasteiger partial charge in [0, 0.05) is 47.6 Å². The first kappa shape index (κ1) is 25.4. The maximum Gasteiger partial charge on any atom is 0.164 e. The molecule has 10 aromatic rings. The van der Waals surface area contributed by atoms with Crippen molar-refractivity contribution in [3.8, 4) is 34.2 Å². The third-order valence-electron chi connectivity index (χ3n) is 8.89. The van der Waals surface area contributed by atoms with Crippen LogP contribution in [0.4, 0.5) is 0 Å². The highest BCUT2D eigenvalue weighted by Crippen LogP contribution is 2.41. The topological polar surface area (TPSA) is 51.8 Å². The first-order chi connectivity index (χ1) is 22.8. The molecule has 0 spiro atoms. The van der Waals surface area contributed by atoms with Crippen LogP contribution in [0.2, 0.25) is 0 Å². The molecular weight excluding hydrogens is 583 g/mol. The summed E-state index contributed by atoms with van der Waals surface area (Å²) in [5.41, 5.74) is 4.47. The highest BCUT2D eigenvalue weighted by molar-refractivity contribution is 7.26. The second-order valence-corrected chi connectivity index (χ2v) is 12.7. The number of nitrogens with zero attached hydrogens (tertiary/aromatic N) is 3. The van der Waals surface area contributed by atoms with Crippen molar-refractivity contribution in [2.75, 3.05) is 0 Å². The van der Waals surface area contributed by atoms with E-state index >= 15 is 0 Å². The van der Waals surface area contributed by atoms with Crippen LogP contribution >= 0.6 is 11.3 Å². The van der Waals surface area contributed by atoms with Crippen molar-refractivity contribution in [2.45, 2.75) is 0 Å². The van der Waals surface area contributed by atoms with E-state index in [4.69, 9.17) is 19.4 Å². The molecule has 0 aliphatic heterocycles. The van der Waals surface area contributed by atoms with Gasteiger partial charge in [0.1, 0.15) is 11.2 Å². The van der Waals surface area contributed by atoms with Gasteiger partial charge in [-0.1, -0.05) is 103 Å². The molecule has 10 rings (SSSR count). The molecule has 4 nitrogen and oxygen atoms in total. The summed E-state index contributed by atoms with van der Waals surface area (Å²) in [6.45, 7) is 0. The lowest BCUT2D eigenvalue weighted by Gasteiger charge is -2.09. The molecule has 0 fully saturated rings. The van der Waals surface area contributed by atoms with E-state index in [1.54, 1.807) is 0 Å². The smallest absolute Gasteiger partial charge is 0.164 e. The predicted octanol–water partition coefficient (Wildman–Crippen LogP) is 11.4. The van der Waals surface area contributed by atoms with Gasteiger partial charge in [0.15, 0.2) is 17.5 Å².